The van der Waals surface area contributed by atoms with Gasteiger partial charge in [0, 0.05) is 0 Å². The van der Waals surface area contributed by atoms with Gasteiger partial charge in [-0.3, -0.25) is 0 Å². The SMILES string of the molecule is C=CC(O)C1CCC(C(C)(C)C)CC1. The third-order valence-electron chi connectivity index (χ3n) is 3.72. The molecule has 1 aliphatic carbocycles. The molecule has 1 N–H and O–H groups in total. The van der Waals surface area contributed by atoms with E-state index in [1.807, 2.05) is 0 Å². The summed E-state index contributed by atoms with van der Waals surface area (Å²) in [4.78, 5) is 0. The fraction of sp³-hybridized carbons (Fsp3) is 0.846. The van der Waals surface area contributed by atoms with Gasteiger partial charge >= 0.3 is 0 Å². The molecular weight excluding hydrogens is 172 g/mol. The zero-order chi connectivity index (χ0) is 10.8. The first-order chi connectivity index (χ1) is 6.45. The molecule has 0 aromatic heterocycles. The van der Waals surface area contributed by atoms with Gasteiger partial charge in [0.1, 0.15) is 0 Å². The minimum atomic E-state index is -0.282. The largest absolute Gasteiger partial charge is 0.389 e. The van der Waals surface area contributed by atoms with Crippen molar-refractivity contribution in [1.82, 2.24) is 0 Å². The topological polar surface area (TPSA) is 20.2 Å². The predicted molar refractivity (Wildman–Crippen MR) is 61.1 cm³/mol. The highest BCUT2D eigenvalue weighted by atomic mass is 16.3. The van der Waals surface area contributed by atoms with Crippen LogP contribution < -0.4 is 0 Å². The average Bonchev–Trinajstić information content (AvgIpc) is 2.15. The second-order valence-corrected chi connectivity index (χ2v) is 5.70. The molecule has 0 aliphatic heterocycles. The number of aliphatic hydroxyl groups is 1. The van der Waals surface area contributed by atoms with Crippen molar-refractivity contribution in [2.45, 2.75) is 52.6 Å². The highest BCUT2D eigenvalue weighted by Crippen LogP contribution is 2.40. The summed E-state index contributed by atoms with van der Waals surface area (Å²) in [5.41, 5.74) is 0.435. The van der Waals surface area contributed by atoms with E-state index in [4.69, 9.17) is 0 Å². The van der Waals surface area contributed by atoms with E-state index in [1.54, 1.807) is 6.08 Å². The molecule has 0 spiro atoms. The summed E-state index contributed by atoms with van der Waals surface area (Å²) in [6.45, 7) is 10.6. The molecule has 1 rings (SSSR count). The fourth-order valence-electron chi connectivity index (χ4n) is 2.52. The molecule has 0 heterocycles. The first kappa shape index (κ1) is 11.8. The zero-order valence-corrected chi connectivity index (χ0v) is 9.79. The van der Waals surface area contributed by atoms with Gasteiger partial charge in [0.2, 0.25) is 0 Å². The summed E-state index contributed by atoms with van der Waals surface area (Å²) >= 11 is 0. The van der Waals surface area contributed by atoms with Gasteiger partial charge in [-0.2, -0.15) is 0 Å². The smallest absolute Gasteiger partial charge is 0.0746 e. The van der Waals surface area contributed by atoms with Crippen molar-refractivity contribution in [1.29, 1.82) is 0 Å². The van der Waals surface area contributed by atoms with Crippen molar-refractivity contribution in [2.24, 2.45) is 17.3 Å². The lowest BCUT2D eigenvalue weighted by Gasteiger charge is -2.37. The summed E-state index contributed by atoms with van der Waals surface area (Å²) in [7, 11) is 0. The Morgan fingerprint density at radius 2 is 1.71 bits per heavy atom. The fourth-order valence-corrected chi connectivity index (χ4v) is 2.52. The van der Waals surface area contributed by atoms with E-state index < -0.39 is 0 Å². The third-order valence-corrected chi connectivity index (χ3v) is 3.72. The van der Waals surface area contributed by atoms with Crippen molar-refractivity contribution in [3.63, 3.8) is 0 Å². The second kappa shape index (κ2) is 4.48. The molecule has 1 nitrogen and oxygen atoms in total. The molecule has 82 valence electrons. The lowest BCUT2D eigenvalue weighted by Crippen LogP contribution is -2.29. The Balaban J connectivity index is 2.42. The van der Waals surface area contributed by atoms with Crippen LogP contribution in [0.3, 0.4) is 0 Å². The van der Waals surface area contributed by atoms with Crippen LogP contribution in [-0.4, -0.2) is 11.2 Å². The lowest BCUT2D eigenvalue weighted by molar-refractivity contribution is 0.0804. The van der Waals surface area contributed by atoms with Gasteiger partial charge in [-0.15, -0.1) is 6.58 Å². The minimum absolute atomic E-state index is 0.282. The highest BCUT2D eigenvalue weighted by Gasteiger charge is 2.31. The Morgan fingerprint density at radius 3 is 2.07 bits per heavy atom. The van der Waals surface area contributed by atoms with E-state index in [0.717, 1.165) is 18.8 Å². The molecule has 1 heteroatoms. The normalized spacial score (nSPS) is 31.1. The van der Waals surface area contributed by atoms with Crippen LogP contribution in [0.2, 0.25) is 0 Å². The number of rotatable bonds is 2. The van der Waals surface area contributed by atoms with Crippen LogP contribution in [0.4, 0.5) is 0 Å². The maximum atomic E-state index is 9.65. The van der Waals surface area contributed by atoms with Gasteiger partial charge in [0.25, 0.3) is 0 Å². The van der Waals surface area contributed by atoms with Crippen molar-refractivity contribution in [2.75, 3.05) is 0 Å². The van der Waals surface area contributed by atoms with E-state index in [0.29, 0.717) is 11.3 Å². The van der Waals surface area contributed by atoms with Gasteiger partial charge in [0.05, 0.1) is 6.10 Å². The molecule has 1 fully saturated rings. The Hall–Kier alpha value is -0.300. The Bertz CT molecular complexity index is 182. The Kier molecular flexibility index (Phi) is 3.77. The first-order valence-electron chi connectivity index (χ1n) is 5.75. The van der Waals surface area contributed by atoms with Crippen LogP contribution in [0, 0.1) is 17.3 Å². The van der Waals surface area contributed by atoms with E-state index in [1.165, 1.54) is 12.8 Å². The number of hydrogen-bond donors (Lipinski definition) is 1. The molecule has 14 heavy (non-hydrogen) atoms. The van der Waals surface area contributed by atoms with Crippen molar-refractivity contribution in [3.8, 4) is 0 Å². The van der Waals surface area contributed by atoms with Crippen LogP contribution >= 0.6 is 0 Å². The van der Waals surface area contributed by atoms with Crippen LogP contribution in [-0.2, 0) is 0 Å². The molecule has 1 unspecified atom stereocenters. The maximum absolute atomic E-state index is 9.65. The monoisotopic (exact) mass is 196 g/mol. The van der Waals surface area contributed by atoms with Gasteiger partial charge in [-0.25, -0.2) is 0 Å². The predicted octanol–water partition coefficient (Wildman–Crippen LogP) is 3.39. The zero-order valence-electron chi connectivity index (χ0n) is 9.79. The van der Waals surface area contributed by atoms with E-state index in [-0.39, 0.29) is 6.10 Å². The lowest BCUT2D eigenvalue weighted by atomic mass is 9.69. The van der Waals surface area contributed by atoms with E-state index in [2.05, 4.69) is 27.4 Å². The van der Waals surface area contributed by atoms with E-state index >= 15 is 0 Å². The maximum Gasteiger partial charge on any atom is 0.0746 e. The third kappa shape index (κ3) is 2.84. The van der Waals surface area contributed by atoms with Crippen LogP contribution in [0.15, 0.2) is 12.7 Å². The van der Waals surface area contributed by atoms with Crippen LogP contribution in [0.25, 0.3) is 0 Å². The molecule has 0 aromatic carbocycles. The van der Waals surface area contributed by atoms with E-state index in [9.17, 15) is 5.11 Å². The highest BCUT2D eigenvalue weighted by molar-refractivity contribution is 4.89. The summed E-state index contributed by atoms with van der Waals surface area (Å²) < 4.78 is 0. The van der Waals surface area contributed by atoms with Gasteiger partial charge in [-0.05, 0) is 42.9 Å². The standard InChI is InChI=1S/C13H24O/c1-5-12(14)10-6-8-11(9-7-10)13(2,3)4/h5,10-12,14H,1,6-9H2,2-4H3. The van der Waals surface area contributed by atoms with Crippen LogP contribution in [0.1, 0.15) is 46.5 Å². The second-order valence-electron chi connectivity index (χ2n) is 5.70. The first-order valence-corrected chi connectivity index (χ1v) is 5.75. The van der Waals surface area contributed by atoms with Gasteiger partial charge in [-0.1, -0.05) is 26.8 Å². The number of hydrogen-bond acceptors (Lipinski definition) is 1. The molecule has 0 saturated heterocycles. The summed E-state index contributed by atoms with van der Waals surface area (Å²) in [6, 6.07) is 0. The average molecular weight is 196 g/mol. The molecule has 0 amide bonds. The van der Waals surface area contributed by atoms with Crippen molar-refractivity contribution < 1.29 is 5.11 Å². The minimum Gasteiger partial charge on any atom is -0.389 e. The van der Waals surface area contributed by atoms with Crippen LogP contribution in [0.5, 0.6) is 0 Å². The van der Waals surface area contributed by atoms with Gasteiger partial charge in [0.15, 0.2) is 0 Å². The van der Waals surface area contributed by atoms with Gasteiger partial charge < -0.3 is 5.11 Å². The quantitative estimate of drug-likeness (QED) is 0.671. The molecule has 0 aromatic rings. The molecular formula is C13H24O. The summed E-state index contributed by atoms with van der Waals surface area (Å²) in [5.74, 6) is 1.29. The molecule has 0 radical (unpaired) electrons. The Labute approximate surface area is 88.2 Å². The summed E-state index contributed by atoms with van der Waals surface area (Å²) in [5, 5.41) is 9.65. The molecule has 1 saturated carbocycles. The van der Waals surface area contributed by atoms with Crippen molar-refractivity contribution >= 4 is 0 Å². The molecule has 0 bridgehead atoms. The summed E-state index contributed by atoms with van der Waals surface area (Å²) in [6.07, 6.45) is 6.25. The molecule has 1 atom stereocenters. The Morgan fingerprint density at radius 1 is 1.21 bits per heavy atom. The van der Waals surface area contributed by atoms with Crippen molar-refractivity contribution in [3.05, 3.63) is 12.7 Å². The molecule has 1 aliphatic rings. The number of aliphatic hydroxyl groups excluding tert-OH is 1.